The molecule has 0 aliphatic carbocycles. The van der Waals surface area contributed by atoms with Crippen LogP contribution < -0.4 is 0 Å². The van der Waals surface area contributed by atoms with Gasteiger partial charge in [-0.1, -0.05) is 6.92 Å². The fourth-order valence-electron chi connectivity index (χ4n) is 2.14. The summed E-state index contributed by atoms with van der Waals surface area (Å²) in [5.41, 5.74) is 0.539. The summed E-state index contributed by atoms with van der Waals surface area (Å²) in [6.45, 7) is 5.23. The van der Waals surface area contributed by atoms with Gasteiger partial charge in [-0.05, 0) is 43.2 Å². The second kappa shape index (κ2) is 4.78. The fourth-order valence-corrected chi connectivity index (χ4v) is 3.10. The third-order valence-electron chi connectivity index (χ3n) is 3.45. The highest BCUT2D eigenvalue weighted by molar-refractivity contribution is 7.12. The van der Waals surface area contributed by atoms with E-state index in [1.165, 1.54) is 11.3 Å². The number of hydrogen-bond acceptors (Lipinski definition) is 3. The van der Waals surface area contributed by atoms with E-state index in [-0.39, 0.29) is 5.91 Å². The molecule has 1 aromatic heterocycles. The van der Waals surface area contributed by atoms with Crippen molar-refractivity contribution in [3.05, 3.63) is 21.9 Å². The van der Waals surface area contributed by atoms with Gasteiger partial charge in [-0.3, -0.25) is 4.79 Å². The van der Waals surface area contributed by atoms with E-state index in [0.29, 0.717) is 25.9 Å². The summed E-state index contributed by atoms with van der Waals surface area (Å²) in [6.07, 6.45) is 2.24. The van der Waals surface area contributed by atoms with Crippen molar-refractivity contribution in [1.82, 2.24) is 4.90 Å². The number of thiophene rings is 1. The van der Waals surface area contributed by atoms with Crippen LogP contribution in [0.4, 0.5) is 0 Å². The summed E-state index contributed by atoms with van der Waals surface area (Å²) in [6, 6.07) is 2.03. The topological polar surface area (TPSA) is 40.5 Å². The lowest BCUT2D eigenvalue weighted by molar-refractivity contribution is -0.00190. The van der Waals surface area contributed by atoms with Gasteiger partial charge in [0.25, 0.3) is 5.91 Å². The first-order chi connectivity index (χ1) is 8.03. The molecule has 0 bridgehead atoms. The molecule has 2 rings (SSSR count). The van der Waals surface area contributed by atoms with Crippen LogP contribution >= 0.6 is 11.3 Å². The number of likely N-dealkylation sites (tertiary alicyclic amines) is 1. The number of aryl methyl sites for hydroxylation is 1. The molecular weight excluding hydrogens is 234 g/mol. The highest BCUT2D eigenvalue weighted by atomic mass is 32.1. The van der Waals surface area contributed by atoms with Gasteiger partial charge in [0.05, 0.1) is 10.5 Å². The maximum absolute atomic E-state index is 12.3. The van der Waals surface area contributed by atoms with Gasteiger partial charge in [-0.25, -0.2) is 0 Å². The van der Waals surface area contributed by atoms with E-state index in [1.54, 1.807) is 0 Å². The van der Waals surface area contributed by atoms with Crippen molar-refractivity contribution in [3.63, 3.8) is 0 Å². The molecule has 0 atom stereocenters. The third kappa shape index (κ3) is 2.69. The van der Waals surface area contributed by atoms with Crippen molar-refractivity contribution < 1.29 is 9.90 Å². The maximum Gasteiger partial charge on any atom is 0.264 e. The predicted octanol–water partition coefficient (Wildman–Crippen LogP) is 2.30. The molecule has 17 heavy (non-hydrogen) atoms. The second-order valence-electron chi connectivity index (χ2n) is 4.92. The first kappa shape index (κ1) is 12.6. The van der Waals surface area contributed by atoms with E-state index in [2.05, 4.69) is 6.92 Å². The number of nitrogens with zero attached hydrogens (tertiary/aromatic N) is 1. The van der Waals surface area contributed by atoms with Gasteiger partial charge in [0, 0.05) is 13.1 Å². The van der Waals surface area contributed by atoms with Crippen LogP contribution in [0.1, 0.15) is 41.9 Å². The quantitative estimate of drug-likeness (QED) is 0.878. The number of amides is 1. The van der Waals surface area contributed by atoms with E-state index in [9.17, 15) is 9.90 Å². The van der Waals surface area contributed by atoms with Crippen LogP contribution in [0, 0.1) is 0 Å². The van der Waals surface area contributed by atoms with Crippen molar-refractivity contribution in [1.29, 1.82) is 0 Å². The predicted molar refractivity (Wildman–Crippen MR) is 69.5 cm³/mol. The van der Waals surface area contributed by atoms with Crippen LogP contribution in [0.5, 0.6) is 0 Å². The van der Waals surface area contributed by atoms with E-state index in [1.807, 2.05) is 23.3 Å². The number of hydrogen-bond donors (Lipinski definition) is 1. The molecule has 0 aromatic carbocycles. The monoisotopic (exact) mass is 253 g/mol. The van der Waals surface area contributed by atoms with Gasteiger partial charge in [-0.15, -0.1) is 11.3 Å². The van der Waals surface area contributed by atoms with Crippen molar-refractivity contribution >= 4 is 17.2 Å². The van der Waals surface area contributed by atoms with Gasteiger partial charge < -0.3 is 10.0 Å². The molecule has 2 heterocycles. The molecule has 0 radical (unpaired) electrons. The molecule has 94 valence electrons. The lowest BCUT2D eigenvalue weighted by Gasteiger charge is -2.35. The van der Waals surface area contributed by atoms with Crippen LogP contribution in [0.15, 0.2) is 11.4 Å². The third-order valence-corrected chi connectivity index (χ3v) is 4.39. The summed E-state index contributed by atoms with van der Waals surface area (Å²) in [5.74, 6) is 0.132. The van der Waals surface area contributed by atoms with E-state index in [0.717, 1.165) is 16.9 Å². The Hall–Kier alpha value is -0.870. The van der Waals surface area contributed by atoms with E-state index >= 15 is 0 Å². The maximum atomic E-state index is 12.3. The zero-order valence-electron chi connectivity index (χ0n) is 10.4. The molecule has 0 spiro atoms. The fraction of sp³-hybridized carbons (Fsp3) is 0.615. The summed E-state index contributed by atoms with van der Waals surface area (Å²) < 4.78 is 0. The molecule has 4 heteroatoms. The Morgan fingerprint density at radius 1 is 1.53 bits per heavy atom. The minimum atomic E-state index is -0.597. The zero-order chi connectivity index (χ0) is 12.5. The molecule has 0 saturated carbocycles. The molecule has 1 aliphatic heterocycles. The average Bonchev–Trinajstić information content (AvgIpc) is 2.76. The van der Waals surface area contributed by atoms with Gasteiger partial charge in [0.15, 0.2) is 0 Å². The zero-order valence-corrected chi connectivity index (χ0v) is 11.2. The normalized spacial score (nSPS) is 19.4. The van der Waals surface area contributed by atoms with Crippen LogP contribution in [-0.2, 0) is 6.42 Å². The number of aliphatic hydroxyl groups is 1. The molecule has 1 N–H and O–H groups in total. The summed E-state index contributed by atoms with van der Waals surface area (Å²) in [7, 11) is 0. The molecule has 1 aliphatic rings. The first-order valence-electron chi connectivity index (χ1n) is 6.11. The highest BCUT2D eigenvalue weighted by Gasteiger charge is 2.30. The smallest absolute Gasteiger partial charge is 0.264 e. The minimum Gasteiger partial charge on any atom is -0.390 e. The van der Waals surface area contributed by atoms with Gasteiger partial charge >= 0.3 is 0 Å². The van der Waals surface area contributed by atoms with Crippen molar-refractivity contribution in [3.8, 4) is 0 Å². The number of rotatable bonds is 2. The Morgan fingerprint density at radius 3 is 2.76 bits per heavy atom. The van der Waals surface area contributed by atoms with Crippen LogP contribution in [0.25, 0.3) is 0 Å². The Bertz CT molecular complexity index is 401. The summed E-state index contributed by atoms with van der Waals surface area (Å²) in [4.78, 5) is 15.0. The lowest BCUT2D eigenvalue weighted by Crippen LogP contribution is -2.45. The van der Waals surface area contributed by atoms with Crippen LogP contribution in [0.3, 0.4) is 0 Å². The SMILES string of the molecule is CCc1ccsc1C(=O)N1CCC(C)(O)CC1. The van der Waals surface area contributed by atoms with Gasteiger partial charge in [-0.2, -0.15) is 0 Å². The first-order valence-corrected chi connectivity index (χ1v) is 6.99. The molecule has 1 aromatic rings. The largest absolute Gasteiger partial charge is 0.390 e. The molecule has 1 saturated heterocycles. The average molecular weight is 253 g/mol. The van der Waals surface area contributed by atoms with Crippen molar-refractivity contribution in [2.24, 2.45) is 0 Å². The van der Waals surface area contributed by atoms with E-state index in [4.69, 9.17) is 0 Å². The Kier molecular flexibility index (Phi) is 3.54. The molecule has 3 nitrogen and oxygen atoms in total. The lowest BCUT2D eigenvalue weighted by atomic mass is 9.93. The van der Waals surface area contributed by atoms with E-state index < -0.39 is 5.60 Å². The van der Waals surface area contributed by atoms with Gasteiger partial charge in [0.2, 0.25) is 0 Å². The number of carbonyl (C=O) groups excluding carboxylic acids is 1. The molecular formula is C13H19NO2S. The van der Waals surface area contributed by atoms with Crippen LogP contribution in [-0.4, -0.2) is 34.6 Å². The van der Waals surface area contributed by atoms with Gasteiger partial charge in [0.1, 0.15) is 0 Å². The standard InChI is InChI=1S/C13H19NO2S/c1-3-10-4-9-17-11(10)12(15)14-7-5-13(2,16)6-8-14/h4,9,16H,3,5-8H2,1-2H3. The molecule has 1 fully saturated rings. The molecule has 0 unspecified atom stereocenters. The van der Waals surface area contributed by atoms with Crippen molar-refractivity contribution in [2.45, 2.75) is 38.7 Å². The summed E-state index contributed by atoms with van der Waals surface area (Å²) in [5, 5.41) is 11.8. The Labute approximate surface area is 106 Å². The highest BCUT2D eigenvalue weighted by Crippen LogP contribution is 2.25. The number of carbonyl (C=O) groups is 1. The van der Waals surface area contributed by atoms with Crippen LogP contribution in [0.2, 0.25) is 0 Å². The summed E-state index contributed by atoms with van der Waals surface area (Å²) >= 11 is 1.52. The Morgan fingerprint density at radius 2 is 2.18 bits per heavy atom. The minimum absolute atomic E-state index is 0.132. The second-order valence-corrected chi connectivity index (χ2v) is 5.83. The number of piperidine rings is 1. The Balaban J connectivity index is 2.07. The molecule has 1 amide bonds. The van der Waals surface area contributed by atoms with Crippen molar-refractivity contribution in [2.75, 3.05) is 13.1 Å².